The molecule has 1 aliphatic rings. The predicted octanol–water partition coefficient (Wildman–Crippen LogP) is 1.83. The molecule has 0 saturated carbocycles. The van der Waals surface area contributed by atoms with Crippen molar-refractivity contribution in [2.45, 2.75) is 18.5 Å². The fourth-order valence-corrected chi connectivity index (χ4v) is 3.27. The van der Waals surface area contributed by atoms with E-state index in [1.54, 1.807) is 0 Å². The first kappa shape index (κ1) is 15.0. The van der Waals surface area contributed by atoms with Gasteiger partial charge in [-0.1, -0.05) is 28.1 Å². The van der Waals surface area contributed by atoms with Crippen molar-refractivity contribution in [3.05, 3.63) is 34.3 Å². The number of hydrogen-bond acceptors (Lipinski definition) is 3. The zero-order chi connectivity index (χ0) is 13.8. The minimum Gasteiger partial charge on any atom is -0.315 e. The largest absolute Gasteiger partial charge is 0.315 e. The summed E-state index contributed by atoms with van der Waals surface area (Å²) in [6, 6.07) is 9.68. The molecule has 1 aliphatic heterocycles. The van der Waals surface area contributed by atoms with E-state index in [2.05, 4.69) is 76.5 Å². The maximum absolute atomic E-state index is 3.55. The Morgan fingerprint density at radius 1 is 1.37 bits per heavy atom. The summed E-state index contributed by atoms with van der Waals surface area (Å²) in [5.41, 5.74) is 1.38. The van der Waals surface area contributed by atoms with Gasteiger partial charge in [-0.3, -0.25) is 4.90 Å². The normalized spacial score (nSPS) is 23.5. The molecule has 3 nitrogen and oxygen atoms in total. The molecule has 1 N–H and O–H groups in total. The Bertz CT molecular complexity index is 410. The van der Waals surface area contributed by atoms with Crippen molar-refractivity contribution >= 4 is 15.9 Å². The van der Waals surface area contributed by atoms with E-state index in [9.17, 15) is 0 Å². The summed E-state index contributed by atoms with van der Waals surface area (Å²) in [6.07, 6.45) is 1.07. The standard InChI is InChI=1S/C15H24BrN3/c1-17-14(10-12-5-4-6-13(16)9-12)15-11-18(2)7-8-19(15)3/h4-6,9,14-15,17H,7-8,10-11H2,1-3H3. The van der Waals surface area contributed by atoms with Gasteiger partial charge in [-0.15, -0.1) is 0 Å². The van der Waals surface area contributed by atoms with Crippen LogP contribution < -0.4 is 5.32 Å². The highest BCUT2D eigenvalue weighted by atomic mass is 79.9. The first-order valence-electron chi connectivity index (χ1n) is 6.90. The smallest absolute Gasteiger partial charge is 0.0377 e. The van der Waals surface area contributed by atoms with Gasteiger partial charge in [0.05, 0.1) is 0 Å². The van der Waals surface area contributed by atoms with Crippen LogP contribution in [-0.4, -0.2) is 62.7 Å². The maximum atomic E-state index is 3.55. The first-order valence-corrected chi connectivity index (χ1v) is 7.70. The van der Waals surface area contributed by atoms with Crippen LogP contribution in [0.15, 0.2) is 28.7 Å². The van der Waals surface area contributed by atoms with Gasteiger partial charge >= 0.3 is 0 Å². The molecule has 4 heteroatoms. The van der Waals surface area contributed by atoms with Gasteiger partial charge in [0, 0.05) is 36.2 Å². The van der Waals surface area contributed by atoms with Crippen LogP contribution in [0.1, 0.15) is 5.56 Å². The molecular weight excluding hydrogens is 302 g/mol. The molecule has 1 saturated heterocycles. The first-order chi connectivity index (χ1) is 9.10. The van der Waals surface area contributed by atoms with Crippen molar-refractivity contribution in [2.75, 3.05) is 40.8 Å². The van der Waals surface area contributed by atoms with E-state index in [-0.39, 0.29) is 0 Å². The number of piperazine rings is 1. The third kappa shape index (κ3) is 4.02. The summed E-state index contributed by atoms with van der Waals surface area (Å²) in [5.74, 6) is 0. The number of nitrogens with one attached hydrogen (secondary N) is 1. The highest BCUT2D eigenvalue weighted by Crippen LogP contribution is 2.17. The number of hydrogen-bond donors (Lipinski definition) is 1. The maximum Gasteiger partial charge on any atom is 0.0377 e. The predicted molar refractivity (Wildman–Crippen MR) is 84.6 cm³/mol. The lowest BCUT2D eigenvalue weighted by Gasteiger charge is -2.42. The van der Waals surface area contributed by atoms with Crippen LogP contribution >= 0.6 is 15.9 Å². The Morgan fingerprint density at radius 2 is 2.16 bits per heavy atom. The second kappa shape index (κ2) is 6.84. The van der Waals surface area contributed by atoms with Gasteiger partial charge in [0.25, 0.3) is 0 Å². The van der Waals surface area contributed by atoms with E-state index in [1.165, 1.54) is 12.1 Å². The van der Waals surface area contributed by atoms with Crippen LogP contribution in [0.5, 0.6) is 0 Å². The van der Waals surface area contributed by atoms with E-state index in [4.69, 9.17) is 0 Å². The van der Waals surface area contributed by atoms with E-state index >= 15 is 0 Å². The lowest BCUT2D eigenvalue weighted by atomic mass is 9.97. The number of halogens is 1. The molecule has 0 bridgehead atoms. The van der Waals surface area contributed by atoms with Crippen molar-refractivity contribution in [2.24, 2.45) is 0 Å². The summed E-state index contributed by atoms with van der Waals surface area (Å²) >= 11 is 3.55. The summed E-state index contributed by atoms with van der Waals surface area (Å²) in [5, 5.41) is 3.51. The van der Waals surface area contributed by atoms with E-state index in [1.807, 2.05) is 0 Å². The number of nitrogens with zero attached hydrogens (tertiary/aromatic N) is 2. The van der Waals surface area contributed by atoms with Crippen LogP contribution in [0.3, 0.4) is 0 Å². The second-order valence-electron chi connectivity index (χ2n) is 5.54. The Morgan fingerprint density at radius 3 is 2.84 bits per heavy atom. The zero-order valence-corrected chi connectivity index (χ0v) is 13.7. The molecule has 0 radical (unpaired) electrons. The van der Waals surface area contributed by atoms with Crippen molar-refractivity contribution in [3.63, 3.8) is 0 Å². The molecular formula is C15H24BrN3. The lowest BCUT2D eigenvalue weighted by molar-refractivity contribution is 0.0897. The van der Waals surface area contributed by atoms with Crippen molar-refractivity contribution in [3.8, 4) is 0 Å². The highest BCUT2D eigenvalue weighted by Gasteiger charge is 2.28. The van der Waals surface area contributed by atoms with Crippen molar-refractivity contribution in [1.82, 2.24) is 15.1 Å². The fourth-order valence-electron chi connectivity index (χ4n) is 2.83. The molecule has 0 spiro atoms. The Hall–Kier alpha value is -0.420. The van der Waals surface area contributed by atoms with Gasteiger partial charge in [-0.25, -0.2) is 0 Å². The Balaban J connectivity index is 2.06. The topological polar surface area (TPSA) is 18.5 Å². The second-order valence-corrected chi connectivity index (χ2v) is 6.46. The minimum atomic E-state index is 0.488. The molecule has 0 aromatic heterocycles. The van der Waals surface area contributed by atoms with Gasteiger partial charge in [-0.2, -0.15) is 0 Å². The van der Waals surface area contributed by atoms with Gasteiger partial charge in [0.1, 0.15) is 0 Å². The van der Waals surface area contributed by atoms with Gasteiger partial charge in [0.15, 0.2) is 0 Å². The molecule has 1 heterocycles. The zero-order valence-electron chi connectivity index (χ0n) is 12.1. The Kier molecular flexibility index (Phi) is 5.39. The van der Waals surface area contributed by atoms with Crippen LogP contribution in [0.25, 0.3) is 0 Å². The minimum absolute atomic E-state index is 0.488. The monoisotopic (exact) mass is 325 g/mol. The summed E-state index contributed by atoms with van der Waals surface area (Å²) < 4.78 is 1.16. The third-order valence-corrected chi connectivity index (χ3v) is 4.57. The number of benzene rings is 1. The summed E-state index contributed by atoms with van der Waals surface area (Å²) in [6.45, 7) is 3.45. The van der Waals surface area contributed by atoms with Crippen molar-refractivity contribution < 1.29 is 0 Å². The molecule has 2 rings (SSSR count). The molecule has 1 aromatic carbocycles. The Labute approximate surface area is 125 Å². The summed E-state index contributed by atoms with van der Waals surface area (Å²) in [4.78, 5) is 4.91. The van der Waals surface area contributed by atoms with Gasteiger partial charge < -0.3 is 10.2 Å². The van der Waals surface area contributed by atoms with Crippen LogP contribution in [0, 0.1) is 0 Å². The molecule has 19 heavy (non-hydrogen) atoms. The van der Waals surface area contributed by atoms with E-state index in [0.29, 0.717) is 12.1 Å². The summed E-state index contributed by atoms with van der Waals surface area (Å²) in [7, 11) is 6.53. The number of likely N-dealkylation sites (N-methyl/N-ethyl adjacent to an activating group) is 3. The fraction of sp³-hybridized carbons (Fsp3) is 0.600. The quantitative estimate of drug-likeness (QED) is 0.911. The highest BCUT2D eigenvalue weighted by molar-refractivity contribution is 9.10. The molecule has 106 valence electrons. The molecule has 2 atom stereocenters. The van der Waals surface area contributed by atoms with E-state index < -0.39 is 0 Å². The molecule has 0 amide bonds. The van der Waals surface area contributed by atoms with Crippen LogP contribution in [-0.2, 0) is 6.42 Å². The van der Waals surface area contributed by atoms with Crippen LogP contribution in [0.4, 0.5) is 0 Å². The molecule has 0 aliphatic carbocycles. The number of rotatable bonds is 4. The van der Waals surface area contributed by atoms with Crippen LogP contribution in [0.2, 0.25) is 0 Å². The molecule has 1 fully saturated rings. The van der Waals surface area contributed by atoms with E-state index in [0.717, 1.165) is 24.0 Å². The van der Waals surface area contributed by atoms with Gasteiger partial charge in [-0.05, 0) is 45.3 Å². The third-order valence-electron chi connectivity index (χ3n) is 4.08. The van der Waals surface area contributed by atoms with Gasteiger partial charge in [0.2, 0.25) is 0 Å². The lowest BCUT2D eigenvalue weighted by Crippen LogP contribution is -2.58. The molecule has 1 aromatic rings. The average Bonchev–Trinajstić information content (AvgIpc) is 2.39. The van der Waals surface area contributed by atoms with Crippen molar-refractivity contribution in [1.29, 1.82) is 0 Å². The average molecular weight is 326 g/mol. The molecule has 2 unspecified atom stereocenters. The SMILES string of the molecule is CNC(Cc1cccc(Br)c1)C1CN(C)CCN1C.